The Morgan fingerprint density at radius 3 is 2.68 bits per heavy atom. The van der Waals surface area contributed by atoms with Crippen molar-refractivity contribution >= 4 is 15.9 Å². The van der Waals surface area contributed by atoms with Crippen molar-refractivity contribution in [3.8, 4) is 5.75 Å². The van der Waals surface area contributed by atoms with Crippen molar-refractivity contribution in [2.75, 3.05) is 20.3 Å². The first kappa shape index (κ1) is 16.5. The van der Waals surface area contributed by atoms with E-state index in [9.17, 15) is 0 Å². The van der Waals surface area contributed by atoms with Crippen LogP contribution >= 0.6 is 15.9 Å². The van der Waals surface area contributed by atoms with E-state index in [0.29, 0.717) is 0 Å². The third-order valence-electron chi connectivity index (χ3n) is 3.19. The van der Waals surface area contributed by atoms with Crippen LogP contribution in [0.5, 0.6) is 5.75 Å². The van der Waals surface area contributed by atoms with Gasteiger partial charge in [0.1, 0.15) is 5.75 Å². The smallest absolute Gasteiger partial charge is 0.125 e. The van der Waals surface area contributed by atoms with Crippen molar-refractivity contribution in [2.45, 2.75) is 38.6 Å². The molecule has 0 fully saturated rings. The highest BCUT2D eigenvalue weighted by Crippen LogP contribution is 2.28. The van der Waals surface area contributed by atoms with E-state index in [2.05, 4.69) is 34.2 Å². The van der Waals surface area contributed by atoms with Crippen LogP contribution in [0.1, 0.15) is 44.2 Å². The lowest BCUT2D eigenvalue weighted by atomic mass is 10.1. The second-order valence-corrected chi connectivity index (χ2v) is 5.59. The van der Waals surface area contributed by atoms with Crippen LogP contribution in [0.3, 0.4) is 0 Å². The molecule has 3 nitrogen and oxygen atoms in total. The fourth-order valence-corrected chi connectivity index (χ4v) is 2.24. The molecule has 0 amide bonds. The van der Waals surface area contributed by atoms with Crippen LogP contribution in [0, 0.1) is 0 Å². The normalized spacial score (nSPS) is 12.4. The van der Waals surface area contributed by atoms with Gasteiger partial charge in [-0.3, -0.25) is 0 Å². The minimum absolute atomic E-state index is 0.275. The molecule has 0 heterocycles. The van der Waals surface area contributed by atoms with Gasteiger partial charge in [-0.2, -0.15) is 0 Å². The molecule has 4 heteroatoms. The lowest BCUT2D eigenvalue weighted by Gasteiger charge is -2.17. The van der Waals surface area contributed by atoms with Crippen LogP contribution in [-0.2, 0) is 0 Å². The Labute approximate surface area is 124 Å². The van der Waals surface area contributed by atoms with Crippen molar-refractivity contribution in [3.63, 3.8) is 0 Å². The van der Waals surface area contributed by atoms with Crippen molar-refractivity contribution in [1.82, 2.24) is 5.32 Å². The highest BCUT2D eigenvalue weighted by molar-refractivity contribution is 9.10. The summed E-state index contributed by atoms with van der Waals surface area (Å²) in [6.07, 6.45) is 4.09. The number of ether oxygens (including phenoxy) is 1. The number of unbranched alkanes of at least 4 members (excludes halogenated alkanes) is 3. The number of nitrogens with one attached hydrogen (secondary N) is 1. The Hall–Kier alpha value is -0.580. The fourth-order valence-electron chi connectivity index (χ4n) is 1.90. The molecule has 0 spiro atoms. The molecule has 2 N–H and O–H groups in total. The Morgan fingerprint density at radius 1 is 1.26 bits per heavy atom. The van der Waals surface area contributed by atoms with Gasteiger partial charge in [0.25, 0.3) is 0 Å². The summed E-state index contributed by atoms with van der Waals surface area (Å²) >= 11 is 3.48. The zero-order valence-corrected chi connectivity index (χ0v) is 13.4. The average molecular weight is 330 g/mol. The minimum atomic E-state index is 0.275. The SMILES string of the molecule is CNC(C)c1ccc(Br)cc1OCCCCCCO. The van der Waals surface area contributed by atoms with Crippen molar-refractivity contribution in [3.05, 3.63) is 28.2 Å². The predicted octanol–water partition coefficient (Wildman–Crippen LogP) is 3.66. The minimum Gasteiger partial charge on any atom is -0.493 e. The van der Waals surface area contributed by atoms with E-state index in [0.717, 1.165) is 42.5 Å². The zero-order valence-electron chi connectivity index (χ0n) is 11.8. The number of aliphatic hydroxyl groups is 1. The molecular formula is C15H24BrNO2. The maximum absolute atomic E-state index is 8.71. The second kappa shape index (κ2) is 9.34. The Bertz CT molecular complexity index is 371. The molecule has 1 atom stereocenters. The zero-order chi connectivity index (χ0) is 14.1. The first-order chi connectivity index (χ1) is 9.19. The molecule has 0 aromatic heterocycles. The molecule has 0 aliphatic heterocycles. The van der Waals surface area contributed by atoms with E-state index in [1.807, 2.05) is 19.2 Å². The van der Waals surface area contributed by atoms with Gasteiger partial charge in [0.15, 0.2) is 0 Å². The summed E-state index contributed by atoms with van der Waals surface area (Å²) < 4.78 is 6.93. The summed E-state index contributed by atoms with van der Waals surface area (Å²) in [6, 6.07) is 6.43. The lowest BCUT2D eigenvalue weighted by Crippen LogP contribution is -2.14. The van der Waals surface area contributed by atoms with Crippen LogP contribution < -0.4 is 10.1 Å². The molecule has 19 heavy (non-hydrogen) atoms. The van der Waals surface area contributed by atoms with E-state index in [1.165, 1.54) is 5.56 Å². The molecule has 1 rings (SSSR count). The van der Waals surface area contributed by atoms with Crippen LogP contribution in [0.25, 0.3) is 0 Å². The fraction of sp³-hybridized carbons (Fsp3) is 0.600. The summed E-state index contributed by atoms with van der Waals surface area (Å²) in [7, 11) is 1.95. The molecular weight excluding hydrogens is 306 g/mol. The third kappa shape index (κ3) is 5.93. The van der Waals surface area contributed by atoms with E-state index >= 15 is 0 Å². The van der Waals surface area contributed by atoms with Crippen LogP contribution in [0.2, 0.25) is 0 Å². The number of benzene rings is 1. The first-order valence-corrected chi connectivity index (χ1v) is 7.68. The van der Waals surface area contributed by atoms with Crippen LogP contribution in [-0.4, -0.2) is 25.4 Å². The van der Waals surface area contributed by atoms with Crippen LogP contribution in [0.15, 0.2) is 22.7 Å². The number of hydrogen-bond donors (Lipinski definition) is 2. The molecule has 0 radical (unpaired) electrons. The Balaban J connectivity index is 2.49. The van der Waals surface area contributed by atoms with Gasteiger partial charge in [0.05, 0.1) is 6.61 Å². The summed E-state index contributed by atoms with van der Waals surface area (Å²) in [5.74, 6) is 0.943. The maximum atomic E-state index is 8.71. The molecule has 1 unspecified atom stereocenters. The number of hydrogen-bond acceptors (Lipinski definition) is 3. The third-order valence-corrected chi connectivity index (χ3v) is 3.68. The van der Waals surface area contributed by atoms with Crippen LogP contribution in [0.4, 0.5) is 0 Å². The van der Waals surface area contributed by atoms with Crippen molar-refractivity contribution in [2.24, 2.45) is 0 Å². The van der Waals surface area contributed by atoms with E-state index in [-0.39, 0.29) is 12.6 Å². The summed E-state index contributed by atoms with van der Waals surface area (Å²) in [6.45, 7) is 3.14. The molecule has 0 aliphatic carbocycles. The molecule has 0 saturated carbocycles. The topological polar surface area (TPSA) is 41.5 Å². The van der Waals surface area contributed by atoms with Gasteiger partial charge >= 0.3 is 0 Å². The number of aliphatic hydroxyl groups excluding tert-OH is 1. The standard InChI is InChI=1S/C15H24BrNO2/c1-12(17-2)14-8-7-13(16)11-15(14)19-10-6-4-3-5-9-18/h7-8,11-12,17-18H,3-6,9-10H2,1-2H3. The lowest BCUT2D eigenvalue weighted by molar-refractivity contribution is 0.272. The number of rotatable bonds is 9. The van der Waals surface area contributed by atoms with Gasteiger partial charge < -0.3 is 15.2 Å². The van der Waals surface area contributed by atoms with Crippen molar-refractivity contribution < 1.29 is 9.84 Å². The molecule has 1 aromatic carbocycles. The highest BCUT2D eigenvalue weighted by atomic mass is 79.9. The number of halogens is 1. The van der Waals surface area contributed by atoms with Gasteiger partial charge in [-0.05, 0) is 45.4 Å². The first-order valence-electron chi connectivity index (χ1n) is 6.89. The summed E-state index contributed by atoms with van der Waals surface area (Å²) in [4.78, 5) is 0. The molecule has 0 saturated heterocycles. The largest absolute Gasteiger partial charge is 0.493 e. The van der Waals surface area contributed by atoms with Gasteiger partial charge in [0.2, 0.25) is 0 Å². The Kier molecular flexibility index (Phi) is 8.10. The molecule has 108 valence electrons. The van der Waals surface area contributed by atoms with Crippen molar-refractivity contribution in [1.29, 1.82) is 0 Å². The van der Waals surface area contributed by atoms with E-state index in [1.54, 1.807) is 0 Å². The highest BCUT2D eigenvalue weighted by Gasteiger charge is 2.10. The quantitative estimate of drug-likeness (QED) is 0.679. The molecule has 0 bridgehead atoms. The second-order valence-electron chi connectivity index (χ2n) is 4.68. The average Bonchev–Trinajstić information content (AvgIpc) is 2.42. The van der Waals surface area contributed by atoms with E-state index in [4.69, 9.17) is 9.84 Å². The van der Waals surface area contributed by atoms with Gasteiger partial charge in [-0.15, -0.1) is 0 Å². The predicted molar refractivity (Wildman–Crippen MR) is 82.7 cm³/mol. The monoisotopic (exact) mass is 329 g/mol. The summed E-state index contributed by atoms with van der Waals surface area (Å²) in [5, 5.41) is 11.9. The Morgan fingerprint density at radius 2 is 2.00 bits per heavy atom. The van der Waals surface area contributed by atoms with Gasteiger partial charge in [0, 0.05) is 22.7 Å². The molecule has 1 aromatic rings. The van der Waals surface area contributed by atoms with Gasteiger partial charge in [-0.25, -0.2) is 0 Å². The maximum Gasteiger partial charge on any atom is 0.125 e. The van der Waals surface area contributed by atoms with E-state index < -0.39 is 0 Å². The summed E-state index contributed by atoms with van der Waals surface area (Å²) in [5.41, 5.74) is 1.18. The molecule has 0 aliphatic rings. The van der Waals surface area contributed by atoms with Gasteiger partial charge in [-0.1, -0.05) is 28.4 Å².